The van der Waals surface area contributed by atoms with Gasteiger partial charge in [-0.1, -0.05) is 16.8 Å². The zero-order valence-corrected chi connectivity index (χ0v) is 10.7. The number of nitrogen functional groups attached to an aromatic ring is 1. The zero-order valence-electron chi connectivity index (χ0n) is 9.90. The number of nitrogens with one attached hydrogen (secondary N) is 1. The van der Waals surface area contributed by atoms with Crippen LogP contribution in [-0.4, -0.2) is 25.3 Å². The molecule has 0 amide bonds. The monoisotopic (exact) mass is 266 g/mol. The average Bonchev–Trinajstić information content (AvgIpc) is 2.38. The first-order chi connectivity index (χ1) is 8.65. The minimum atomic E-state index is -0.197. The number of hydrogen-bond acceptors (Lipinski definition) is 5. The summed E-state index contributed by atoms with van der Waals surface area (Å²) in [6.07, 6.45) is 2.94. The molecule has 96 valence electrons. The van der Waals surface area contributed by atoms with Gasteiger partial charge in [-0.2, -0.15) is 4.91 Å². The van der Waals surface area contributed by atoms with Crippen molar-refractivity contribution >= 4 is 29.2 Å². The summed E-state index contributed by atoms with van der Waals surface area (Å²) in [5, 5.41) is 11.1. The maximum Gasteiger partial charge on any atom is 0.109 e. The first-order valence-electron chi connectivity index (χ1n) is 5.82. The van der Waals surface area contributed by atoms with Crippen molar-refractivity contribution in [2.45, 2.75) is 18.9 Å². The molecule has 1 aliphatic heterocycles. The number of nitrogens with zero attached hydrogens (tertiary/aromatic N) is 2. The fraction of sp³-hybridized carbons (Fsp3) is 0.417. The van der Waals surface area contributed by atoms with Gasteiger partial charge in [0.1, 0.15) is 6.04 Å². The van der Waals surface area contributed by atoms with Gasteiger partial charge >= 0.3 is 0 Å². The Balaban J connectivity index is 2.37. The third kappa shape index (κ3) is 2.46. The lowest BCUT2D eigenvalue weighted by molar-refractivity contribution is 0.505. The molecule has 1 unspecified atom stereocenters. The van der Waals surface area contributed by atoms with Crippen LogP contribution in [0.25, 0.3) is 0 Å². The highest BCUT2D eigenvalue weighted by Crippen LogP contribution is 2.31. The van der Waals surface area contributed by atoms with Crippen LogP contribution in [0.2, 0.25) is 5.02 Å². The third-order valence-electron chi connectivity index (χ3n) is 3.19. The van der Waals surface area contributed by atoms with E-state index >= 15 is 0 Å². The van der Waals surface area contributed by atoms with Gasteiger partial charge in [0.25, 0.3) is 0 Å². The van der Waals surface area contributed by atoms with E-state index in [1.807, 2.05) is 4.90 Å². The van der Waals surface area contributed by atoms with Crippen molar-refractivity contribution in [3.05, 3.63) is 27.6 Å². The number of nitroso groups, excluding NO2 is 1. The predicted octanol–water partition coefficient (Wildman–Crippen LogP) is 2.66. The lowest BCUT2D eigenvalue weighted by atomic mass is 10.0. The summed E-state index contributed by atoms with van der Waals surface area (Å²) >= 11 is 6.00. The molecule has 1 aromatic carbocycles. The topological polar surface area (TPSA) is 82.5 Å². The Bertz CT molecular complexity index is 477. The summed E-state index contributed by atoms with van der Waals surface area (Å²) in [5.41, 5.74) is 7.79. The Morgan fingerprint density at radius 3 is 3.00 bits per heavy atom. The first-order valence-corrected chi connectivity index (χ1v) is 6.20. The fourth-order valence-electron chi connectivity index (χ4n) is 2.30. The van der Waals surface area contributed by atoms with Crippen molar-refractivity contribution < 1.29 is 0 Å². The van der Waals surface area contributed by atoms with Crippen molar-refractivity contribution in [1.29, 1.82) is 5.41 Å². The smallest absolute Gasteiger partial charge is 0.109 e. The van der Waals surface area contributed by atoms with E-state index in [9.17, 15) is 4.91 Å². The van der Waals surface area contributed by atoms with Crippen LogP contribution in [0.5, 0.6) is 0 Å². The van der Waals surface area contributed by atoms with E-state index in [-0.39, 0.29) is 6.04 Å². The highest BCUT2D eigenvalue weighted by Gasteiger charge is 2.23. The summed E-state index contributed by atoms with van der Waals surface area (Å²) < 4.78 is 0. The minimum absolute atomic E-state index is 0.197. The van der Waals surface area contributed by atoms with E-state index in [2.05, 4.69) is 5.18 Å². The largest absolute Gasteiger partial charge is 0.398 e. The molecule has 1 fully saturated rings. The minimum Gasteiger partial charge on any atom is -0.398 e. The van der Waals surface area contributed by atoms with E-state index in [4.69, 9.17) is 22.7 Å². The molecule has 0 saturated carbocycles. The number of halogens is 1. The zero-order chi connectivity index (χ0) is 13.1. The SMILES string of the molecule is N=Cc1c(N)cc(Cl)cc1N1CCCC(N=O)C1. The molecule has 0 aliphatic carbocycles. The molecule has 0 aromatic heterocycles. The van der Waals surface area contributed by atoms with Crippen molar-refractivity contribution in [1.82, 2.24) is 0 Å². The number of nitrogens with two attached hydrogens (primary N) is 1. The second-order valence-corrected chi connectivity index (χ2v) is 4.86. The van der Waals surface area contributed by atoms with Crippen molar-refractivity contribution in [3.63, 3.8) is 0 Å². The molecule has 1 atom stereocenters. The van der Waals surface area contributed by atoms with Crippen LogP contribution in [0.3, 0.4) is 0 Å². The summed E-state index contributed by atoms with van der Waals surface area (Å²) in [5.74, 6) is 0. The predicted molar refractivity (Wildman–Crippen MR) is 74.8 cm³/mol. The second-order valence-electron chi connectivity index (χ2n) is 4.42. The average molecular weight is 267 g/mol. The molecule has 1 heterocycles. The summed E-state index contributed by atoms with van der Waals surface area (Å²) in [4.78, 5) is 12.7. The van der Waals surface area contributed by atoms with Gasteiger partial charge in [0.15, 0.2) is 0 Å². The molecule has 1 saturated heterocycles. The second kappa shape index (κ2) is 5.35. The summed E-state index contributed by atoms with van der Waals surface area (Å²) in [6, 6.07) is 3.22. The molecule has 1 aliphatic rings. The Morgan fingerprint density at radius 1 is 1.56 bits per heavy atom. The highest BCUT2D eigenvalue weighted by molar-refractivity contribution is 6.31. The van der Waals surface area contributed by atoms with Crippen LogP contribution in [0.1, 0.15) is 18.4 Å². The van der Waals surface area contributed by atoms with Crippen LogP contribution in [-0.2, 0) is 0 Å². The molecule has 0 radical (unpaired) electrons. The quantitative estimate of drug-likeness (QED) is 0.501. The molecular weight excluding hydrogens is 252 g/mol. The third-order valence-corrected chi connectivity index (χ3v) is 3.40. The summed E-state index contributed by atoms with van der Waals surface area (Å²) in [6.45, 7) is 1.39. The molecule has 2 rings (SSSR count). The van der Waals surface area contributed by atoms with E-state index in [0.29, 0.717) is 22.8 Å². The van der Waals surface area contributed by atoms with Crippen molar-refractivity contribution in [2.75, 3.05) is 23.7 Å². The highest BCUT2D eigenvalue weighted by atomic mass is 35.5. The number of benzene rings is 1. The lowest BCUT2D eigenvalue weighted by Gasteiger charge is -2.32. The van der Waals surface area contributed by atoms with Crippen LogP contribution in [0.4, 0.5) is 11.4 Å². The number of rotatable bonds is 3. The Hall–Kier alpha value is -1.62. The van der Waals surface area contributed by atoms with Gasteiger partial charge in [0, 0.05) is 41.3 Å². The van der Waals surface area contributed by atoms with Crippen molar-refractivity contribution in [3.8, 4) is 0 Å². The molecule has 0 bridgehead atoms. The normalized spacial score (nSPS) is 19.6. The maximum atomic E-state index is 10.7. The van der Waals surface area contributed by atoms with Crippen LogP contribution in [0.15, 0.2) is 17.3 Å². The molecule has 1 aromatic rings. The van der Waals surface area contributed by atoms with Gasteiger partial charge in [0.2, 0.25) is 0 Å². The standard InChI is InChI=1S/C12H15ClN4O/c13-8-4-11(15)10(6-14)12(5-8)17-3-1-2-9(7-17)16-18/h4-6,9,14H,1-3,7,15H2. The van der Waals surface area contributed by atoms with Gasteiger partial charge < -0.3 is 16.0 Å². The van der Waals surface area contributed by atoms with E-state index in [1.165, 1.54) is 6.21 Å². The molecule has 6 heteroatoms. The number of piperidine rings is 1. The Kier molecular flexibility index (Phi) is 3.81. The molecular formula is C12H15ClN4O. The molecule has 0 spiro atoms. The maximum absolute atomic E-state index is 10.7. The van der Waals surface area contributed by atoms with E-state index in [0.717, 1.165) is 25.1 Å². The van der Waals surface area contributed by atoms with Gasteiger partial charge in [-0.05, 0) is 25.0 Å². The van der Waals surface area contributed by atoms with E-state index in [1.54, 1.807) is 12.1 Å². The lowest BCUT2D eigenvalue weighted by Crippen LogP contribution is -2.38. The first kappa shape index (κ1) is 12.8. The van der Waals surface area contributed by atoms with Gasteiger partial charge in [-0.25, -0.2) is 0 Å². The molecule has 5 nitrogen and oxygen atoms in total. The van der Waals surface area contributed by atoms with Gasteiger partial charge in [-0.3, -0.25) is 0 Å². The molecule has 18 heavy (non-hydrogen) atoms. The van der Waals surface area contributed by atoms with Crippen LogP contribution >= 0.6 is 11.6 Å². The fourth-order valence-corrected chi connectivity index (χ4v) is 2.52. The van der Waals surface area contributed by atoms with Crippen LogP contribution in [0, 0.1) is 10.3 Å². The Morgan fingerprint density at radius 2 is 2.33 bits per heavy atom. The number of anilines is 2. The van der Waals surface area contributed by atoms with E-state index < -0.39 is 0 Å². The molecule has 3 N–H and O–H groups in total. The van der Waals surface area contributed by atoms with Gasteiger partial charge in [-0.15, -0.1) is 0 Å². The van der Waals surface area contributed by atoms with Crippen molar-refractivity contribution in [2.24, 2.45) is 5.18 Å². The van der Waals surface area contributed by atoms with Crippen LogP contribution < -0.4 is 10.6 Å². The number of hydrogen-bond donors (Lipinski definition) is 2. The van der Waals surface area contributed by atoms with Gasteiger partial charge in [0.05, 0.1) is 0 Å². The summed E-state index contributed by atoms with van der Waals surface area (Å²) in [7, 11) is 0. The Labute approximate surface area is 110 Å².